The number of carbonyl (C=O) groups is 2. The van der Waals surface area contributed by atoms with Gasteiger partial charge in [0.15, 0.2) is 5.58 Å². The first-order valence-electron chi connectivity index (χ1n) is 11.2. The molecular formula is C25H29ClFN3O4. The summed E-state index contributed by atoms with van der Waals surface area (Å²) < 4.78 is 18.7. The van der Waals surface area contributed by atoms with Gasteiger partial charge in [-0.05, 0) is 55.6 Å². The van der Waals surface area contributed by atoms with Gasteiger partial charge in [-0.1, -0.05) is 29.4 Å². The van der Waals surface area contributed by atoms with Crippen LogP contribution in [0.3, 0.4) is 0 Å². The number of amides is 1. The highest BCUT2D eigenvalue weighted by Crippen LogP contribution is 2.32. The van der Waals surface area contributed by atoms with Crippen LogP contribution in [0.5, 0.6) is 0 Å². The van der Waals surface area contributed by atoms with Gasteiger partial charge in [0.1, 0.15) is 5.82 Å². The minimum Gasteiger partial charge on any atom is -0.481 e. The molecule has 9 heteroatoms. The lowest BCUT2D eigenvalue weighted by atomic mass is 9.91. The summed E-state index contributed by atoms with van der Waals surface area (Å²) in [5, 5.41) is 12.5. The number of halogens is 2. The van der Waals surface area contributed by atoms with E-state index >= 15 is 0 Å². The average molecular weight is 490 g/mol. The number of carboxylic acid groups (broad SMARTS) is 1. The Morgan fingerprint density at radius 2 is 1.79 bits per heavy atom. The second-order valence-corrected chi connectivity index (χ2v) is 8.61. The number of carbonyl (C=O) groups excluding carboxylic acids is 1. The van der Waals surface area contributed by atoms with Gasteiger partial charge in [-0.2, -0.15) is 0 Å². The van der Waals surface area contributed by atoms with Crippen LogP contribution in [0, 0.1) is 5.82 Å². The van der Waals surface area contributed by atoms with Crippen molar-refractivity contribution in [3.8, 4) is 0 Å². The molecule has 2 aromatic carbocycles. The summed E-state index contributed by atoms with van der Waals surface area (Å²) in [6.07, 6.45) is 2.79. The number of aliphatic carboxylic acids is 1. The molecule has 7 nitrogen and oxygen atoms in total. The molecule has 0 aliphatic carbocycles. The molecule has 2 aliphatic rings. The lowest BCUT2D eigenvalue weighted by molar-refractivity contribution is -0.135. The lowest BCUT2D eigenvalue weighted by Gasteiger charge is -2.34. The molecule has 34 heavy (non-hydrogen) atoms. The zero-order valence-corrected chi connectivity index (χ0v) is 19.9. The molecule has 182 valence electrons. The number of hydrogen-bond acceptors (Lipinski definition) is 5. The third-order valence-corrected chi connectivity index (χ3v) is 6.28. The van der Waals surface area contributed by atoms with Crippen LogP contribution in [0.4, 0.5) is 4.39 Å². The number of nitrogens with zero attached hydrogens (tertiary/aromatic N) is 3. The number of hydrogen-bond donors (Lipinski definition) is 1. The first-order chi connectivity index (χ1) is 15.9. The van der Waals surface area contributed by atoms with Crippen molar-refractivity contribution in [1.82, 2.24) is 15.0 Å². The van der Waals surface area contributed by atoms with Gasteiger partial charge in [-0.25, -0.2) is 4.39 Å². The van der Waals surface area contributed by atoms with Crippen molar-refractivity contribution in [2.45, 2.75) is 38.6 Å². The molecule has 1 saturated heterocycles. The van der Waals surface area contributed by atoms with Crippen molar-refractivity contribution in [1.29, 1.82) is 0 Å². The molecule has 0 atom stereocenters. The van der Waals surface area contributed by atoms with Crippen molar-refractivity contribution in [3.63, 3.8) is 0 Å². The van der Waals surface area contributed by atoms with E-state index in [4.69, 9.17) is 14.4 Å². The summed E-state index contributed by atoms with van der Waals surface area (Å²) in [4.78, 5) is 26.0. The predicted octanol–water partition coefficient (Wildman–Crippen LogP) is 4.24. The van der Waals surface area contributed by atoms with Crippen LogP contribution >= 0.6 is 12.4 Å². The summed E-state index contributed by atoms with van der Waals surface area (Å²) in [7, 11) is 0. The van der Waals surface area contributed by atoms with E-state index in [2.05, 4.69) is 28.3 Å². The van der Waals surface area contributed by atoms with E-state index in [1.54, 1.807) is 6.07 Å². The Morgan fingerprint density at radius 1 is 1.12 bits per heavy atom. The molecule has 1 aromatic heterocycles. The van der Waals surface area contributed by atoms with E-state index < -0.39 is 5.97 Å². The standard InChI is InChI=1S/C23H24FN3O2.C2H4O2.ClH/c24-19-5-6-20-21(13-19)29-25-23(20)17-7-10-26(11-8-17)15-22(28)27-12-9-16-3-1-2-4-18(16)14-27;1-2(3)4;/h1-6,13,17H,7-12,14-15H2;1H3,(H,3,4);1H. The first-order valence-corrected chi connectivity index (χ1v) is 11.2. The molecule has 1 fully saturated rings. The SMILES string of the molecule is CC(=O)O.Cl.O=C(CN1CCC(c2noc3cc(F)ccc23)CC1)N1CCc2ccccc2C1. The fourth-order valence-corrected chi connectivity index (χ4v) is 4.59. The van der Waals surface area contributed by atoms with Crippen molar-refractivity contribution in [2.24, 2.45) is 0 Å². The molecule has 1 N–H and O–H groups in total. The minimum absolute atomic E-state index is 0. The Bertz CT molecular complexity index is 1140. The third kappa shape index (κ3) is 6.12. The second kappa shape index (κ2) is 11.4. The van der Waals surface area contributed by atoms with E-state index in [0.29, 0.717) is 18.7 Å². The largest absolute Gasteiger partial charge is 0.481 e. The summed E-state index contributed by atoms with van der Waals surface area (Å²) in [5.74, 6) is -0.649. The Labute approximate surface area is 203 Å². The van der Waals surface area contributed by atoms with E-state index in [-0.39, 0.29) is 30.0 Å². The Hall–Kier alpha value is -2.97. The Balaban J connectivity index is 0.000000603. The number of benzene rings is 2. The normalized spacial score (nSPS) is 16.2. The fourth-order valence-electron chi connectivity index (χ4n) is 4.59. The molecule has 0 radical (unpaired) electrons. The third-order valence-electron chi connectivity index (χ3n) is 6.28. The summed E-state index contributed by atoms with van der Waals surface area (Å²) in [6, 6.07) is 13.0. The molecule has 0 spiro atoms. The van der Waals surface area contributed by atoms with Crippen molar-refractivity contribution in [2.75, 3.05) is 26.2 Å². The van der Waals surface area contributed by atoms with Crippen LogP contribution in [-0.2, 0) is 22.6 Å². The predicted molar refractivity (Wildman–Crippen MR) is 129 cm³/mol. The number of carboxylic acids is 1. The molecule has 1 amide bonds. The van der Waals surface area contributed by atoms with E-state index in [1.807, 2.05) is 11.0 Å². The molecular weight excluding hydrogens is 461 g/mol. The number of aromatic nitrogens is 1. The highest BCUT2D eigenvalue weighted by molar-refractivity contribution is 5.85. The van der Waals surface area contributed by atoms with Crippen LogP contribution in [-0.4, -0.2) is 58.1 Å². The first kappa shape index (κ1) is 25.6. The summed E-state index contributed by atoms with van der Waals surface area (Å²) >= 11 is 0. The van der Waals surface area contributed by atoms with Crippen LogP contribution in [0.25, 0.3) is 11.0 Å². The number of fused-ring (bicyclic) bond motifs is 2. The van der Waals surface area contributed by atoms with E-state index in [0.717, 1.165) is 56.9 Å². The van der Waals surface area contributed by atoms with Gasteiger partial charge in [0, 0.05) is 37.4 Å². The topological polar surface area (TPSA) is 86.9 Å². The van der Waals surface area contributed by atoms with Crippen LogP contribution < -0.4 is 0 Å². The number of rotatable bonds is 3. The maximum absolute atomic E-state index is 13.4. The van der Waals surface area contributed by atoms with Crippen molar-refractivity contribution < 1.29 is 23.6 Å². The Morgan fingerprint density at radius 3 is 2.50 bits per heavy atom. The van der Waals surface area contributed by atoms with Gasteiger partial charge in [-0.3, -0.25) is 14.5 Å². The van der Waals surface area contributed by atoms with Gasteiger partial charge in [-0.15, -0.1) is 12.4 Å². The molecule has 0 saturated carbocycles. The maximum atomic E-state index is 13.4. The zero-order chi connectivity index (χ0) is 23.4. The summed E-state index contributed by atoms with van der Waals surface area (Å²) in [6.45, 7) is 4.78. The van der Waals surface area contributed by atoms with Gasteiger partial charge < -0.3 is 14.5 Å². The lowest BCUT2D eigenvalue weighted by Crippen LogP contribution is -2.44. The minimum atomic E-state index is -0.833. The highest BCUT2D eigenvalue weighted by atomic mass is 35.5. The smallest absolute Gasteiger partial charge is 0.300 e. The highest BCUT2D eigenvalue weighted by Gasteiger charge is 2.28. The monoisotopic (exact) mass is 489 g/mol. The fraction of sp³-hybridized carbons (Fsp3) is 0.400. The van der Waals surface area contributed by atoms with Gasteiger partial charge in [0.25, 0.3) is 5.97 Å². The van der Waals surface area contributed by atoms with Crippen LogP contribution in [0.2, 0.25) is 0 Å². The van der Waals surface area contributed by atoms with Crippen molar-refractivity contribution in [3.05, 3.63) is 65.1 Å². The van der Waals surface area contributed by atoms with Crippen LogP contribution in [0.1, 0.15) is 42.5 Å². The van der Waals surface area contributed by atoms with Gasteiger partial charge in [0.05, 0.1) is 12.2 Å². The number of piperidine rings is 1. The second-order valence-electron chi connectivity index (χ2n) is 8.61. The summed E-state index contributed by atoms with van der Waals surface area (Å²) in [5.41, 5.74) is 4.04. The van der Waals surface area contributed by atoms with Gasteiger partial charge in [0.2, 0.25) is 5.91 Å². The van der Waals surface area contributed by atoms with Gasteiger partial charge >= 0.3 is 0 Å². The number of likely N-dealkylation sites (tertiary alicyclic amines) is 1. The van der Waals surface area contributed by atoms with Crippen LogP contribution in [0.15, 0.2) is 47.0 Å². The molecule has 3 heterocycles. The quantitative estimate of drug-likeness (QED) is 0.592. The maximum Gasteiger partial charge on any atom is 0.300 e. The molecule has 3 aromatic rings. The zero-order valence-electron chi connectivity index (χ0n) is 19.1. The van der Waals surface area contributed by atoms with E-state index in [1.165, 1.54) is 23.3 Å². The Kier molecular flexibility index (Phi) is 8.63. The molecule has 0 unspecified atom stereocenters. The molecule has 5 rings (SSSR count). The van der Waals surface area contributed by atoms with E-state index in [9.17, 15) is 9.18 Å². The van der Waals surface area contributed by atoms with Crippen molar-refractivity contribution >= 4 is 35.3 Å². The molecule has 0 bridgehead atoms. The molecule has 2 aliphatic heterocycles. The average Bonchev–Trinajstić information content (AvgIpc) is 3.22.